The molecule has 0 unspecified atom stereocenters. The largest absolute Gasteiger partial charge is 0.377 e. The van der Waals surface area contributed by atoms with Crippen LogP contribution in [0.15, 0.2) is 22.7 Å². The number of hydrogen-bond acceptors (Lipinski definition) is 4. The van der Waals surface area contributed by atoms with E-state index in [0.717, 1.165) is 16.0 Å². The predicted molar refractivity (Wildman–Crippen MR) is 72.3 cm³/mol. The van der Waals surface area contributed by atoms with Crippen molar-refractivity contribution in [2.24, 2.45) is 0 Å². The van der Waals surface area contributed by atoms with Crippen molar-refractivity contribution in [3.8, 4) is 0 Å². The van der Waals surface area contributed by atoms with Crippen molar-refractivity contribution >= 4 is 21.6 Å². The van der Waals surface area contributed by atoms with E-state index in [1.807, 2.05) is 16.8 Å². The fraction of sp³-hybridized carbons (Fsp3) is 0.417. The molecule has 94 valence electrons. The second kappa shape index (κ2) is 4.68. The van der Waals surface area contributed by atoms with Gasteiger partial charge in [0.15, 0.2) is 5.82 Å². The third kappa shape index (κ3) is 2.25. The first-order valence-electron chi connectivity index (χ1n) is 6.01. The van der Waals surface area contributed by atoms with Gasteiger partial charge in [-0.1, -0.05) is 22.0 Å². The average Bonchev–Trinajstić information content (AvgIpc) is 3.11. The number of tetrazole rings is 1. The molecule has 1 aromatic carbocycles. The molecule has 0 amide bonds. The van der Waals surface area contributed by atoms with Crippen molar-refractivity contribution in [2.75, 3.05) is 5.32 Å². The Morgan fingerprint density at radius 1 is 1.44 bits per heavy atom. The maximum atomic E-state index is 4.07. The molecule has 2 aromatic rings. The average molecular weight is 308 g/mol. The number of hydrogen-bond donors (Lipinski definition) is 1. The topological polar surface area (TPSA) is 55.6 Å². The van der Waals surface area contributed by atoms with E-state index in [-0.39, 0.29) is 0 Å². The minimum Gasteiger partial charge on any atom is -0.377 e. The summed E-state index contributed by atoms with van der Waals surface area (Å²) in [6, 6.07) is 6.63. The Kier molecular flexibility index (Phi) is 3.03. The number of halogens is 1. The Morgan fingerprint density at radius 2 is 2.28 bits per heavy atom. The van der Waals surface area contributed by atoms with Gasteiger partial charge in [-0.25, -0.2) is 4.68 Å². The first-order chi connectivity index (χ1) is 8.75. The van der Waals surface area contributed by atoms with Gasteiger partial charge in [0.25, 0.3) is 0 Å². The zero-order valence-electron chi connectivity index (χ0n) is 10.1. The van der Waals surface area contributed by atoms with Crippen molar-refractivity contribution in [3.05, 3.63) is 34.1 Å². The van der Waals surface area contributed by atoms with E-state index in [1.54, 1.807) is 0 Å². The predicted octanol–water partition coefficient (Wildman–Crippen LogP) is 2.69. The molecule has 1 heterocycles. The molecular weight excluding hydrogens is 294 g/mol. The Balaban J connectivity index is 1.74. The minimum atomic E-state index is 0.514. The standard InChI is InChI=1S/C12H14BrN5/c1-8-10(13)3-2-4-11(8)14-7-12-15-16-17-18(12)9-5-6-9/h2-4,9,14H,5-7H2,1H3. The van der Waals surface area contributed by atoms with Gasteiger partial charge in [0, 0.05) is 10.2 Å². The monoisotopic (exact) mass is 307 g/mol. The molecule has 5 nitrogen and oxygen atoms in total. The lowest BCUT2D eigenvalue weighted by molar-refractivity contribution is 0.586. The van der Waals surface area contributed by atoms with Gasteiger partial charge in [-0.05, 0) is 47.9 Å². The van der Waals surface area contributed by atoms with Gasteiger partial charge in [0.2, 0.25) is 0 Å². The van der Waals surface area contributed by atoms with Crippen LogP contribution in [0.1, 0.15) is 30.3 Å². The summed E-state index contributed by atoms with van der Waals surface area (Å²) in [6.07, 6.45) is 2.38. The molecule has 6 heteroatoms. The van der Waals surface area contributed by atoms with E-state index < -0.39 is 0 Å². The van der Waals surface area contributed by atoms with Crippen LogP contribution in [-0.2, 0) is 6.54 Å². The van der Waals surface area contributed by atoms with Gasteiger partial charge in [-0.3, -0.25) is 0 Å². The highest BCUT2D eigenvalue weighted by molar-refractivity contribution is 9.10. The van der Waals surface area contributed by atoms with Crippen LogP contribution in [-0.4, -0.2) is 20.2 Å². The second-order valence-electron chi connectivity index (χ2n) is 4.54. The Morgan fingerprint density at radius 3 is 3.06 bits per heavy atom. The van der Waals surface area contributed by atoms with Crippen LogP contribution in [0, 0.1) is 6.92 Å². The zero-order valence-corrected chi connectivity index (χ0v) is 11.7. The smallest absolute Gasteiger partial charge is 0.170 e. The lowest BCUT2D eigenvalue weighted by atomic mass is 10.2. The van der Waals surface area contributed by atoms with Crippen LogP contribution >= 0.6 is 15.9 Å². The van der Waals surface area contributed by atoms with E-state index >= 15 is 0 Å². The normalized spacial score (nSPS) is 14.8. The van der Waals surface area contributed by atoms with Crippen LogP contribution in [0.3, 0.4) is 0 Å². The number of nitrogens with one attached hydrogen (secondary N) is 1. The zero-order chi connectivity index (χ0) is 12.5. The molecule has 1 aliphatic carbocycles. The molecule has 0 aliphatic heterocycles. The lowest BCUT2D eigenvalue weighted by Crippen LogP contribution is -2.09. The third-order valence-corrected chi connectivity index (χ3v) is 4.02. The summed E-state index contributed by atoms with van der Waals surface area (Å²) >= 11 is 3.53. The summed E-state index contributed by atoms with van der Waals surface area (Å²) in [5, 5.41) is 15.2. The SMILES string of the molecule is Cc1c(Br)cccc1NCc1nnnn1C1CC1. The molecule has 0 saturated heterocycles. The van der Waals surface area contributed by atoms with Gasteiger partial charge in [-0.15, -0.1) is 5.10 Å². The third-order valence-electron chi connectivity index (χ3n) is 3.16. The molecule has 1 fully saturated rings. The van der Waals surface area contributed by atoms with Crippen LogP contribution in [0.4, 0.5) is 5.69 Å². The minimum absolute atomic E-state index is 0.514. The summed E-state index contributed by atoms with van der Waals surface area (Å²) in [5.74, 6) is 0.900. The number of benzene rings is 1. The Bertz CT molecular complexity index is 561. The molecule has 0 radical (unpaired) electrons. The molecule has 0 atom stereocenters. The Hall–Kier alpha value is -1.43. The summed E-state index contributed by atoms with van der Waals surface area (Å²) in [7, 11) is 0. The molecule has 1 saturated carbocycles. The molecule has 1 aromatic heterocycles. The van der Waals surface area contributed by atoms with Gasteiger partial charge in [0.1, 0.15) is 0 Å². The van der Waals surface area contributed by atoms with Crippen molar-refractivity contribution in [1.82, 2.24) is 20.2 Å². The first kappa shape index (κ1) is 11.6. The van der Waals surface area contributed by atoms with Crippen molar-refractivity contribution in [2.45, 2.75) is 32.4 Å². The second-order valence-corrected chi connectivity index (χ2v) is 5.39. The number of nitrogens with zero attached hydrogens (tertiary/aromatic N) is 4. The number of aromatic nitrogens is 4. The molecular formula is C12H14BrN5. The van der Waals surface area contributed by atoms with E-state index in [2.05, 4.69) is 49.8 Å². The van der Waals surface area contributed by atoms with Crippen molar-refractivity contribution < 1.29 is 0 Å². The molecule has 1 N–H and O–H groups in total. The van der Waals surface area contributed by atoms with E-state index in [1.165, 1.54) is 18.4 Å². The molecule has 3 rings (SSSR count). The molecule has 0 spiro atoms. The van der Waals surface area contributed by atoms with Gasteiger partial charge >= 0.3 is 0 Å². The molecule has 18 heavy (non-hydrogen) atoms. The quantitative estimate of drug-likeness (QED) is 0.943. The summed E-state index contributed by atoms with van der Waals surface area (Å²) in [6.45, 7) is 2.73. The Labute approximate surface area is 114 Å². The maximum Gasteiger partial charge on any atom is 0.170 e. The van der Waals surface area contributed by atoms with Crippen LogP contribution in [0.2, 0.25) is 0 Å². The van der Waals surface area contributed by atoms with E-state index in [0.29, 0.717) is 12.6 Å². The van der Waals surface area contributed by atoms with E-state index in [4.69, 9.17) is 0 Å². The first-order valence-corrected chi connectivity index (χ1v) is 6.81. The van der Waals surface area contributed by atoms with Crippen molar-refractivity contribution in [1.29, 1.82) is 0 Å². The highest BCUT2D eigenvalue weighted by atomic mass is 79.9. The van der Waals surface area contributed by atoms with Crippen LogP contribution in [0.5, 0.6) is 0 Å². The fourth-order valence-corrected chi connectivity index (χ4v) is 2.27. The summed E-state index contributed by atoms with van der Waals surface area (Å²) < 4.78 is 3.04. The number of rotatable bonds is 4. The van der Waals surface area contributed by atoms with E-state index in [9.17, 15) is 0 Å². The molecule has 0 bridgehead atoms. The van der Waals surface area contributed by atoms with Gasteiger partial charge in [0.05, 0.1) is 12.6 Å². The highest BCUT2D eigenvalue weighted by Crippen LogP contribution is 2.34. The van der Waals surface area contributed by atoms with Gasteiger partial charge in [-0.2, -0.15) is 0 Å². The highest BCUT2D eigenvalue weighted by Gasteiger charge is 2.27. The lowest BCUT2D eigenvalue weighted by Gasteiger charge is -2.10. The van der Waals surface area contributed by atoms with Crippen molar-refractivity contribution in [3.63, 3.8) is 0 Å². The van der Waals surface area contributed by atoms with Gasteiger partial charge < -0.3 is 5.32 Å². The summed E-state index contributed by atoms with van der Waals surface area (Å²) in [4.78, 5) is 0. The van der Waals surface area contributed by atoms with Crippen LogP contribution < -0.4 is 5.32 Å². The maximum absolute atomic E-state index is 4.07. The summed E-state index contributed by atoms with van der Waals surface area (Å²) in [5.41, 5.74) is 2.30. The molecule has 1 aliphatic rings. The van der Waals surface area contributed by atoms with Crippen LogP contribution in [0.25, 0.3) is 0 Å². The fourth-order valence-electron chi connectivity index (χ4n) is 1.90. The number of anilines is 1.